The molecule has 2 aliphatic carbocycles. The monoisotopic (exact) mass is 826 g/mol. The highest BCUT2D eigenvalue weighted by Gasteiger charge is 2.28. The van der Waals surface area contributed by atoms with Crippen LogP contribution in [0, 0.1) is 25.7 Å². The number of para-hydroxylation sites is 2. The Hall–Kier alpha value is -4.28. The Morgan fingerprint density at radius 3 is 1.09 bits per heavy atom. The minimum Gasteiger partial charge on any atom is -0.299 e. The van der Waals surface area contributed by atoms with Crippen molar-refractivity contribution in [3.05, 3.63) is 120 Å². The fraction of sp³-hybridized carbons (Fsp3) is 0.458. The Morgan fingerprint density at radius 1 is 0.466 bits per heavy atom. The van der Waals surface area contributed by atoms with Crippen LogP contribution in [0.1, 0.15) is 114 Å². The molecule has 0 bridgehead atoms. The van der Waals surface area contributed by atoms with Crippen LogP contribution in [-0.4, -0.2) is 41.5 Å². The van der Waals surface area contributed by atoms with Gasteiger partial charge in [-0.25, -0.2) is 16.8 Å². The van der Waals surface area contributed by atoms with Crippen molar-refractivity contribution >= 4 is 43.0 Å². The summed E-state index contributed by atoms with van der Waals surface area (Å²) in [7, 11) is -7.35. The highest BCUT2D eigenvalue weighted by atomic mass is 32.2. The molecule has 0 atom stereocenters. The second-order valence-corrected chi connectivity index (χ2v) is 19.7. The van der Waals surface area contributed by atoms with Gasteiger partial charge in [-0.2, -0.15) is 0 Å². The first kappa shape index (κ1) is 44.8. The Bertz CT molecular complexity index is 1920. The summed E-state index contributed by atoms with van der Waals surface area (Å²) in [4.78, 5) is 25.9. The summed E-state index contributed by atoms with van der Waals surface area (Å²) in [6.07, 6.45) is 15.3. The lowest BCUT2D eigenvalue weighted by molar-refractivity contribution is -0.124. The van der Waals surface area contributed by atoms with Crippen LogP contribution in [0.2, 0.25) is 0 Å². The third-order valence-electron chi connectivity index (χ3n) is 11.5. The van der Waals surface area contributed by atoms with Gasteiger partial charge in [0.05, 0.1) is 21.2 Å². The van der Waals surface area contributed by atoms with E-state index >= 15 is 0 Å². The van der Waals surface area contributed by atoms with Crippen LogP contribution in [0.25, 0.3) is 0 Å². The fourth-order valence-corrected chi connectivity index (χ4v) is 11.1. The maximum atomic E-state index is 13.3. The zero-order chi connectivity index (χ0) is 41.4. The number of nitrogens with zero attached hydrogens (tertiary/aromatic N) is 2. The number of rotatable bonds is 16. The molecular formula is C48H62N2O6S2. The number of ketones is 2. The van der Waals surface area contributed by atoms with E-state index in [1.807, 2.05) is 74.5 Å². The minimum absolute atomic E-state index is 0.163. The number of sulfonamides is 2. The van der Waals surface area contributed by atoms with Gasteiger partial charge in [0.1, 0.15) is 11.6 Å². The summed E-state index contributed by atoms with van der Waals surface area (Å²) >= 11 is 0. The summed E-state index contributed by atoms with van der Waals surface area (Å²) in [5.74, 6) is 0.924. The van der Waals surface area contributed by atoms with Crippen LogP contribution in [0.15, 0.2) is 119 Å². The molecule has 0 N–H and O–H groups in total. The number of benzene rings is 4. The van der Waals surface area contributed by atoms with Gasteiger partial charge >= 0.3 is 0 Å². The number of Topliss-reactive ketones (excluding diaryl/α,β-unsaturated/α-hetero) is 2. The number of anilines is 2. The smallest absolute Gasteiger partial charge is 0.264 e. The highest BCUT2D eigenvalue weighted by Crippen LogP contribution is 2.29. The summed E-state index contributed by atoms with van der Waals surface area (Å²) in [5, 5.41) is 0. The Labute approximate surface area is 348 Å². The van der Waals surface area contributed by atoms with Gasteiger partial charge in [0, 0.05) is 37.8 Å². The van der Waals surface area contributed by atoms with Crippen molar-refractivity contribution in [2.75, 3.05) is 21.7 Å². The molecule has 4 aromatic rings. The van der Waals surface area contributed by atoms with Gasteiger partial charge in [-0.1, -0.05) is 123 Å². The molecule has 0 unspecified atom stereocenters. The van der Waals surface area contributed by atoms with E-state index in [4.69, 9.17) is 0 Å². The molecule has 6 rings (SSSR count). The Morgan fingerprint density at radius 2 is 0.776 bits per heavy atom. The molecular weight excluding hydrogens is 765 g/mol. The first-order valence-corrected chi connectivity index (χ1v) is 24.2. The topological polar surface area (TPSA) is 109 Å². The molecule has 0 radical (unpaired) electrons. The molecule has 0 aliphatic heterocycles. The fourth-order valence-electron chi connectivity index (χ4n) is 8.04. The average Bonchev–Trinajstić information content (AvgIpc) is 3.69. The van der Waals surface area contributed by atoms with E-state index in [0.29, 0.717) is 61.7 Å². The van der Waals surface area contributed by atoms with Crippen molar-refractivity contribution in [3.8, 4) is 0 Å². The van der Waals surface area contributed by atoms with E-state index in [1.165, 1.54) is 34.3 Å². The first-order valence-electron chi connectivity index (χ1n) is 21.3. The molecule has 312 valence electrons. The quantitative estimate of drug-likeness (QED) is 0.104. The number of carbonyl (C=O) groups excluding carboxylic acids is 2. The second-order valence-electron chi connectivity index (χ2n) is 16.0. The summed E-state index contributed by atoms with van der Waals surface area (Å²) in [6.45, 7) is 4.48. The number of carbonyl (C=O) groups is 2. The molecule has 0 heterocycles. The lowest BCUT2D eigenvalue weighted by Crippen LogP contribution is -2.32. The SMILES string of the molecule is Cc1ccc(S(=O)(=O)N(CCCC(=O)C2CCCCCC2)c2ccccc2)cc1.Cc1ccc(S(=O)(=O)N(CCCC(=O)C2CCCCCC2)c2ccccc2)cc1. The maximum Gasteiger partial charge on any atom is 0.264 e. The van der Waals surface area contributed by atoms with Crippen molar-refractivity contribution in [1.82, 2.24) is 0 Å². The lowest BCUT2D eigenvalue weighted by Gasteiger charge is -2.25. The summed E-state index contributed by atoms with van der Waals surface area (Å²) < 4.78 is 56.1. The zero-order valence-electron chi connectivity index (χ0n) is 34.4. The van der Waals surface area contributed by atoms with Gasteiger partial charge < -0.3 is 0 Å². The van der Waals surface area contributed by atoms with E-state index in [1.54, 1.807) is 48.5 Å². The second kappa shape index (κ2) is 22.2. The molecule has 58 heavy (non-hydrogen) atoms. The van der Waals surface area contributed by atoms with E-state index in [0.717, 1.165) is 62.5 Å². The standard InChI is InChI=1S/2C24H31NO3S/c2*1-20-15-17-23(18-16-20)29(27,28)25(22-12-7-4-8-13-22)19-9-14-24(26)21-10-5-2-3-6-11-21/h2*4,7-8,12-13,15-18,21H,2-3,5-6,9-11,14,19H2,1H3. The van der Waals surface area contributed by atoms with Gasteiger partial charge in [-0.05, 0) is 101 Å². The van der Waals surface area contributed by atoms with Gasteiger partial charge in [-0.15, -0.1) is 0 Å². The summed E-state index contributed by atoms with van der Waals surface area (Å²) in [5.41, 5.74) is 3.30. The van der Waals surface area contributed by atoms with Crippen LogP contribution in [0.3, 0.4) is 0 Å². The van der Waals surface area contributed by atoms with Crippen LogP contribution in [0.5, 0.6) is 0 Å². The van der Waals surface area contributed by atoms with Crippen molar-refractivity contribution < 1.29 is 26.4 Å². The van der Waals surface area contributed by atoms with Gasteiger partial charge in [-0.3, -0.25) is 18.2 Å². The average molecular weight is 827 g/mol. The zero-order valence-corrected chi connectivity index (χ0v) is 36.1. The van der Waals surface area contributed by atoms with Gasteiger partial charge in [0.25, 0.3) is 20.0 Å². The molecule has 8 nitrogen and oxygen atoms in total. The maximum absolute atomic E-state index is 13.3. The third kappa shape index (κ3) is 12.9. The molecule has 0 saturated heterocycles. The van der Waals surface area contributed by atoms with Crippen LogP contribution in [0.4, 0.5) is 11.4 Å². The van der Waals surface area contributed by atoms with Crippen molar-refractivity contribution in [1.29, 1.82) is 0 Å². The molecule has 0 spiro atoms. The van der Waals surface area contributed by atoms with E-state index in [2.05, 4.69) is 0 Å². The van der Waals surface area contributed by atoms with Gasteiger partial charge in [0.15, 0.2) is 0 Å². The van der Waals surface area contributed by atoms with Crippen LogP contribution >= 0.6 is 0 Å². The van der Waals surface area contributed by atoms with E-state index < -0.39 is 20.0 Å². The van der Waals surface area contributed by atoms with Crippen molar-refractivity contribution in [2.45, 2.75) is 126 Å². The lowest BCUT2D eigenvalue weighted by atomic mass is 9.93. The van der Waals surface area contributed by atoms with Crippen molar-refractivity contribution in [3.63, 3.8) is 0 Å². The Balaban J connectivity index is 0.000000221. The molecule has 4 aromatic carbocycles. The first-order chi connectivity index (χ1) is 28.0. The largest absolute Gasteiger partial charge is 0.299 e. The third-order valence-corrected chi connectivity index (χ3v) is 15.2. The Kier molecular flexibility index (Phi) is 17.1. The molecule has 10 heteroatoms. The van der Waals surface area contributed by atoms with Gasteiger partial charge in [0.2, 0.25) is 0 Å². The predicted octanol–water partition coefficient (Wildman–Crippen LogP) is 11.0. The van der Waals surface area contributed by atoms with Crippen LogP contribution in [-0.2, 0) is 29.6 Å². The predicted molar refractivity (Wildman–Crippen MR) is 235 cm³/mol. The molecule has 2 aliphatic rings. The number of aryl methyl sites for hydroxylation is 2. The molecule has 0 aromatic heterocycles. The van der Waals surface area contributed by atoms with Crippen LogP contribution < -0.4 is 8.61 Å². The molecule has 0 amide bonds. The number of hydrogen-bond acceptors (Lipinski definition) is 6. The molecule has 2 fully saturated rings. The number of hydrogen-bond donors (Lipinski definition) is 0. The normalized spacial score (nSPS) is 15.6. The molecule has 2 saturated carbocycles. The van der Waals surface area contributed by atoms with E-state index in [9.17, 15) is 26.4 Å². The van der Waals surface area contributed by atoms with Crippen molar-refractivity contribution in [2.24, 2.45) is 11.8 Å². The van der Waals surface area contributed by atoms with E-state index in [-0.39, 0.29) is 21.6 Å². The highest BCUT2D eigenvalue weighted by molar-refractivity contribution is 7.93. The summed E-state index contributed by atoms with van der Waals surface area (Å²) in [6, 6.07) is 32.2. The minimum atomic E-state index is -3.68.